The maximum atomic E-state index is 5.83. The first-order valence-electron chi connectivity index (χ1n) is 9.57. The van der Waals surface area contributed by atoms with Crippen molar-refractivity contribution < 1.29 is 9.47 Å². The molecule has 0 radical (unpaired) electrons. The number of ether oxygens (including phenoxy) is 2. The van der Waals surface area contributed by atoms with Crippen LogP contribution in [0.5, 0.6) is 5.75 Å². The van der Waals surface area contributed by atoms with Gasteiger partial charge in [0.2, 0.25) is 0 Å². The molecule has 1 saturated carbocycles. The van der Waals surface area contributed by atoms with Crippen molar-refractivity contribution in [2.24, 2.45) is 5.92 Å². The quantitative estimate of drug-likeness (QED) is 0.506. The Bertz CT molecular complexity index is 393. The Labute approximate surface area is 143 Å². The summed E-state index contributed by atoms with van der Waals surface area (Å²) < 4.78 is 11.6. The van der Waals surface area contributed by atoms with E-state index in [1.54, 1.807) is 0 Å². The second-order valence-corrected chi connectivity index (χ2v) is 6.37. The molecule has 2 nitrogen and oxygen atoms in total. The lowest BCUT2D eigenvalue weighted by Gasteiger charge is -2.17. The van der Waals surface area contributed by atoms with Crippen LogP contribution in [0.2, 0.25) is 0 Å². The van der Waals surface area contributed by atoms with E-state index in [9.17, 15) is 0 Å². The Morgan fingerprint density at radius 3 is 2.22 bits per heavy atom. The van der Waals surface area contributed by atoms with Gasteiger partial charge in [-0.05, 0) is 49.3 Å². The number of hydrogen-bond donors (Lipinski definition) is 0. The van der Waals surface area contributed by atoms with Crippen LogP contribution in [0, 0.1) is 5.92 Å². The molecule has 0 saturated heterocycles. The van der Waals surface area contributed by atoms with Crippen LogP contribution >= 0.6 is 0 Å². The van der Waals surface area contributed by atoms with Crippen molar-refractivity contribution in [3.8, 4) is 5.75 Å². The van der Waals surface area contributed by atoms with E-state index in [0.29, 0.717) is 5.92 Å². The zero-order chi connectivity index (χ0) is 17.1. The first-order valence-corrected chi connectivity index (χ1v) is 9.57. The van der Waals surface area contributed by atoms with Crippen LogP contribution in [-0.2, 0) is 4.74 Å². The fourth-order valence-electron chi connectivity index (χ4n) is 3.04. The van der Waals surface area contributed by atoms with E-state index < -0.39 is 0 Å². The molecule has 0 aromatic heterocycles. The fraction of sp³-hybridized carbons (Fsp3) is 0.714. The smallest absolute Gasteiger partial charge is 0.196 e. The topological polar surface area (TPSA) is 18.5 Å². The summed E-state index contributed by atoms with van der Waals surface area (Å²) in [7, 11) is 0. The average molecular weight is 321 g/mol. The van der Waals surface area contributed by atoms with Crippen LogP contribution in [0.1, 0.15) is 84.6 Å². The van der Waals surface area contributed by atoms with Crippen molar-refractivity contribution in [3.63, 3.8) is 0 Å². The molecule has 2 rings (SSSR count). The summed E-state index contributed by atoms with van der Waals surface area (Å²) in [5.74, 6) is 2.39. The molecule has 23 heavy (non-hydrogen) atoms. The van der Waals surface area contributed by atoms with Gasteiger partial charge in [-0.2, -0.15) is 0 Å². The second-order valence-electron chi connectivity index (χ2n) is 6.37. The predicted octanol–water partition coefficient (Wildman–Crippen LogP) is 6.55. The largest absolute Gasteiger partial charge is 0.465 e. The zero-order valence-corrected chi connectivity index (χ0v) is 15.8. The van der Waals surface area contributed by atoms with Gasteiger partial charge in [0.25, 0.3) is 0 Å². The molecule has 0 N–H and O–H groups in total. The number of rotatable bonds is 8. The van der Waals surface area contributed by atoms with Crippen LogP contribution in [0.4, 0.5) is 0 Å². The molecule has 1 aromatic carbocycles. The Balaban J connectivity index is 0.00000127. The van der Waals surface area contributed by atoms with E-state index in [4.69, 9.17) is 9.47 Å². The molecular formula is C21H36O2. The Hall–Kier alpha value is -1.02. The van der Waals surface area contributed by atoms with E-state index in [1.807, 2.05) is 20.8 Å². The van der Waals surface area contributed by atoms with Crippen LogP contribution in [0.25, 0.3) is 0 Å². The van der Waals surface area contributed by atoms with Crippen molar-refractivity contribution in [1.82, 2.24) is 0 Å². The molecule has 2 atom stereocenters. The van der Waals surface area contributed by atoms with E-state index in [-0.39, 0.29) is 6.29 Å². The van der Waals surface area contributed by atoms with Gasteiger partial charge in [-0.3, -0.25) is 0 Å². The summed E-state index contributed by atoms with van der Waals surface area (Å²) in [6.07, 6.45) is 7.76. The van der Waals surface area contributed by atoms with Gasteiger partial charge in [0.05, 0.1) is 6.61 Å². The first-order chi connectivity index (χ1) is 11.2. The van der Waals surface area contributed by atoms with Crippen LogP contribution in [0.15, 0.2) is 24.3 Å². The van der Waals surface area contributed by atoms with Gasteiger partial charge in [0.1, 0.15) is 5.75 Å². The minimum Gasteiger partial charge on any atom is -0.465 e. The lowest BCUT2D eigenvalue weighted by atomic mass is 9.99. The van der Waals surface area contributed by atoms with E-state index in [0.717, 1.165) is 18.3 Å². The average Bonchev–Trinajstić information content (AvgIpc) is 3.10. The SMILES string of the molecule is CC.CCC(C)c1ccc(OC(C)OCCC2CCCC2)cc1. The molecule has 0 spiro atoms. The van der Waals surface area contributed by atoms with E-state index in [1.165, 1.54) is 44.1 Å². The molecule has 1 aliphatic carbocycles. The third-order valence-electron chi connectivity index (χ3n) is 4.72. The summed E-state index contributed by atoms with van der Waals surface area (Å²) >= 11 is 0. The van der Waals surface area contributed by atoms with Gasteiger partial charge in [-0.25, -0.2) is 0 Å². The predicted molar refractivity (Wildman–Crippen MR) is 99.1 cm³/mol. The maximum absolute atomic E-state index is 5.83. The van der Waals surface area contributed by atoms with Crippen LogP contribution < -0.4 is 4.74 Å². The first kappa shape index (κ1) is 20.0. The van der Waals surface area contributed by atoms with Crippen molar-refractivity contribution in [3.05, 3.63) is 29.8 Å². The van der Waals surface area contributed by atoms with Crippen molar-refractivity contribution in [2.45, 2.75) is 85.4 Å². The molecule has 2 unspecified atom stereocenters. The van der Waals surface area contributed by atoms with Gasteiger partial charge in [0.15, 0.2) is 6.29 Å². The van der Waals surface area contributed by atoms with Gasteiger partial charge in [0, 0.05) is 0 Å². The molecule has 0 aliphatic heterocycles. The zero-order valence-electron chi connectivity index (χ0n) is 15.8. The lowest BCUT2D eigenvalue weighted by Crippen LogP contribution is -2.18. The Kier molecular flexibility index (Phi) is 10.0. The normalized spacial score (nSPS) is 17.3. The molecule has 0 bridgehead atoms. The van der Waals surface area contributed by atoms with E-state index in [2.05, 4.69) is 38.1 Å². The molecule has 2 heteroatoms. The molecule has 0 amide bonds. The Morgan fingerprint density at radius 1 is 1.04 bits per heavy atom. The van der Waals surface area contributed by atoms with Crippen molar-refractivity contribution >= 4 is 0 Å². The molecule has 1 fully saturated rings. The molecule has 0 heterocycles. The number of benzene rings is 1. The summed E-state index contributed by atoms with van der Waals surface area (Å²) in [6.45, 7) is 11.3. The molecule has 1 aliphatic rings. The highest BCUT2D eigenvalue weighted by Crippen LogP contribution is 2.27. The minimum absolute atomic E-state index is 0.166. The lowest BCUT2D eigenvalue weighted by molar-refractivity contribution is -0.0701. The highest BCUT2D eigenvalue weighted by molar-refractivity contribution is 5.29. The highest BCUT2D eigenvalue weighted by Gasteiger charge is 2.15. The monoisotopic (exact) mass is 320 g/mol. The van der Waals surface area contributed by atoms with E-state index >= 15 is 0 Å². The summed E-state index contributed by atoms with van der Waals surface area (Å²) in [6, 6.07) is 8.43. The third-order valence-corrected chi connectivity index (χ3v) is 4.72. The summed E-state index contributed by atoms with van der Waals surface area (Å²) in [5.41, 5.74) is 1.37. The van der Waals surface area contributed by atoms with Crippen molar-refractivity contribution in [2.75, 3.05) is 6.61 Å². The highest BCUT2D eigenvalue weighted by atomic mass is 16.7. The van der Waals surface area contributed by atoms with Gasteiger partial charge in [-0.15, -0.1) is 0 Å². The van der Waals surface area contributed by atoms with Gasteiger partial charge in [-0.1, -0.05) is 65.5 Å². The standard InChI is InChI=1S/C19H30O2.C2H6/c1-4-15(2)18-9-11-19(12-10-18)21-16(3)20-14-13-17-7-5-6-8-17;1-2/h9-12,15-17H,4-8,13-14H2,1-3H3;1-2H3. The second kappa shape index (κ2) is 11.5. The van der Waals surface area contributed by atoms with Gasteiger partial charge < -0.3 is 9.47 Å². The van der Waals surface area contributed by atoms with Crippen LogP contribution in [-0.4, -0.2) is 12.9 Å². The summed E-state index contributed by atoms with van der Waals surface area (Å²) in [5, 5.41) is 0. The third kappa shape index (κ3) is 7.39. The van der Waals surface area contributed by atoms with Crippen molar-refractivity contribution in [1.29, 1.82) is 0 Å². The number of hydrogen-bond acceptors (Lipinski definition) is 2. The van der Waals surface area contributed by atoms with Crippen LogP contribution in [0.3, 0.4) is 0 Å². The minimum atomic E-state index is -0.166. The molecule has 1 aromatic rings. The maximum Gasteiger partial charge on any atom is 0.196 e. The fourth-order valence-corrected chi connectivity index (χ4v) is 3.04. The molecule has 132 valence electrons. The summed E-state index contributed by atoms with van der Waals surface area (Å²) in [4.78, 5) is 0. The van der Waals surface area contributed by atoms with Gasteiger partial charge >= 0.3 is 0 Å². The molecular weight excluding hydrogens is 284 g/mol. The Morgan fingerprint density at radius 2 is 1.65 bits per heavy atom.